The monoisotopic (exact) mass is 353 g/mol. The molecule has 132 valence electrons. The van der Waals surface area contributed by atoms with Gasteiger partial charge in [0.15, 0.2) is 6.61 Å². The second-order valence-corrected chi connectivity index (χ2v) is 6.19. The number of likely N-dealkylation sites (N-methyl/N-ethyl adjacent to an activating group) is 1. The van der Waals surface area contributed by atoms with Crippen LogP contribution in [0.3, 0.4) is 0 Å². The Labute approximate surface area is 147 Å². The highest BCUT2D eigenvalue weighted by atomic mass is 35.5. The van der Waals surface area contributed by atoms with Gasteiger partial charge in [0.05, 0.1) is 5.02 Å². The summed E-state index contributed by atoms with van der Waals surface area (Å²) in [5.74, 6) is 0.134. The minimum Gasteiger partial charge on any atom is -0.482 e. The predicted octanol–water partition coefficient (Wildman–Crippen LogP) is 1.52. The largest absolute Gasteiger partial charge is 0.482 e. The van der Waals surface area contributed by atoms with E-state index in [2.05, 4.69) is 0 Å². The van der Waals surface area contributed by atoms with Crippen molar-refractivity contribution in [2.24, 2.45) is 5.73 Å². The van der Waals surface area contributed by atoms with E-state index in [9.17, 15) is 9.59 Å². The van der Waals surface area contributed by atoms with Crippen molar-refractivity contribution in [2.75, 3.05) is 26.2 Å². The third kappa shape index (κ3) is 4.19. The van der Waals surface area contributed by atoms with Gasteiger partial charge in [-0.05, 0) is 32.4 Å². The molecule has 1 aromatic carbocycles. The van der Waals surface area contributed by atoms with E-state index in [0.717, 1.165) is 0 Å². The van der Waals surface area contributed by atoms with E-state index < -0.39 is 6.04 Å². The van der Waals surface area contributed by atoms with Gasteiger partial charge in [-0.2, -0.15) is 0 Å². The lowest BCUT2D eigenvalue weighted by Gasteiger charge is -2.28. The van der Waals surface area contributed by atoms with Crippen molar-refractivity contribution in [3.05, 3.63) is 29.3 Å². The van der Waals surface area contributed by atoms with E-state index >= 15 is 0 Å². The third-order valence-electron chi connectivity index (χ3n) is 4.20. The first-order chi connectivity index (χ1) is 11.5. The molecule has 2 N–H and O–H groups in total. The molecule has 2 atom stereocenters. The van der Waals surface area contributed by atoms with Crippen molar-refractivity contribution >= 4 is 23.4 Å². The Morgan fingerprint density at radius 3 is 2.62 bits per heavy atom. The van der Waals surface area contributed by atoms with E-state index in [1.807, 2.05) is 13.8 Å². The molecule has 0 aromatic heterocycles. The van der Waals surface area contributed by atoms with Crippen LogP contribution in [0.15, 0.2) is 24.3 Å². The highest BCUT2D eigenvalue weighted by molar-refractivity contribution is 6.32. The molecule has 0 saturated carbocycles. The van der Waals surface area contributed by atoms with Crippen LogP contribution in [0, 0.1) is 0 Å². The van der Waals surface area contributed by atoms with Crippen LogP contribution in [-0.2, 0) is 9.59 Å². The van der Waals surface area contributed by atoms with Gasteiger partial charge in [-0.25, -0.2) is 0 Å². The van der Waals surface area contributed by atoms with E-state index in [4.69, 9.17) is 22.1 Å². The molecule has 0 spiro atoms. The minimum atomic E-state index is -0.512. The molecular weight excluding hydrogens is 330 g/mol. The number of amides is 2. The number of nitrogens with zero attached hydrogens (tertiary/aromatic N) is 2. The zero-order valence-electron chi connectivity index (χ0n) is 14.1. The van der Waals surface area contributed by atoms with Crippen LogP contribution >= 0.6 is 11.6 Å². The maximum Gasteiger partial charge on any atom is 0.261 e. The molecular formula is C17H24ClN3O3. The number of ether oxygens (including phenoxy) is 1. The van der Waals surface area contributed by atoms with Gasteiger partial charge in [-0.3, -0.25) is 9.59 Å². The zero-order valence-corrected chi connectivity index (χ0v) is 14.8. The van der Waals surface area contributed by atoms with Crippen LogP contribution in [0.2, 0.25) is 5.02 Å². The summed E-state index contributed by atoms with van der Waals surface area (Å²) in [5, 5.41) is 0.444. The highest BCUT2D eigenvalue weighted by Gasteiger charge is 2.39. The number of likely N-dealkylation sites (tertiary alicyclic amines) is 1. The van der Waals surface area contributed by atoms with Crippen molar-refractivity contribution in [2.45, 2.75) is 32.4 Å². The summed E-state index contributed by atoms with van der Waals surface area (Å²) < 4.78 is 5.50. The fourth-order valence-corrected chi connectivity index (χ4v) is 3.10. The van der Waals surface area contributed by atoms with Crippen molar-refractivity contribution < 1.29 is 14.3 Å². The summed E-state index contributed by atoms with van der Waals surface area (Å²) in [4.78, 5) is 28.4. The second kappa shape index (κ2) is 8.35. The number of hydrogen-bond acceptors (Lipinski definition) is 4. The smallest absolute Gasteiger partial charge is 0.261 e. The Balaban J connectivity index is 2.03. The molecule has 0 radical (unpaired) electrons. The molecule has 24 heavy (non-hydrogen) atoms. The lowest BCUT2D eigenvalue weighted by molar-refractivity contribution is -0.144. The fraction of sp³-hybridized carbons (Fsp3) is 0.529. The summed E-state index contributed by atoms with van der Waals surface area (Å²) in [6, 6.07) is 6.25. The lowest BCUT2D eigenvalue weighted by atomic mass is 10.1. The van der Waals surface area contributed by atoms with Crippen molar-refractivity contribution in [1.82, 2.24) is 9.80 Å². The van der Waals surface area contributed by atoms with Crippen molar-refractivity contribution in [1.29, 1.82) is 0 Å². The summed E-state index contributed by atoms with van der Waals surface area (Å²) in [7, 11) is 0. The molecule has 6 nitrogen and oxygen atoms in total. The van der Waals surface area contributed by atoms with Gasteiger partial charge in [0.2, 0.25) is 5.91 Å². The van der Waals surface area contributed by atoms with Crippen LogP contribution in [0.25, 0.3) is 0 Å². The number of nitrogens with two attached hydrogens (primary N) is 1. The first-order valence-corrected chi connectivity index (χ1v) is 8.56. The van der Waals surface area contributed by atoms with Crippen molar-refractivity contribution in [3.8, 4) is 5.75 Å². The average molecular weight is 354 g/mol. The van der Waals surface area contributed by atoms with Crippen LogP contribution in [0.5, 0.6) is 5.75 Å². The van der Waals surface area contributed by atoms with E-state index in [0.29, 0.717) is 36.8 Å². The second-order valence-electron chi connectivity index (χ2n) is 5.79. The quantitative estimate of drug-likeness (QED) is 0.841. The number of carbonyl (C=O) groups excluding carboxylic acids is 2. The Morgan fingerprint density at radius 1 is 1.33 bits per heavy atom. The summed E-state index contributed by atoms with van der Waals surface area (Å²) in [6.07, 6.45) is 0.479. The molecule has 1 fully saturated rings. The molecule has 2 rings (SSSR count). The molecule has 1 aliphatic rings. The first-order valence-electron chi connectivity index (χ1n) is 8.19. The Morgan fingerprint density at radius 2 is 2.00 bits per heavy atom. The molecule has 1 aliphatic heterocycles. The van der Waals surface area contributed by atoms with Crippen LogP contribution < -0.4 is 10.5 Å². The SMILES string of the molecule is CCN(CC)C(=O)[C@@H]1C[C@H](N)CN1C(=O)COc1ccccc1Cl. The fourth-order valence-electron chi connectivity index (χ4n) is 2.91. The van der Waals surface area contributed by atoms with Crippen LogP contribution in [0.4, 0.5) is 0 Å². The number of carbonyl (C=O) groups is 2. The first kappa shape index (κ1) is 18.5. The summed E-state index contributed by atoms with van der Waals surface area (Å²) >= 11 is 6.02. The molecule has 1 saturated heterocycles. The molecule has 0 unspecified atom stereocenters. The Kier molecular flexibility index (Phi) is 6.45. The van der Waals surface area contributed by atoms with E-state index in [1.54, 1.807) is 29.2 Å². The van der Waals surface area contributed by atoms with Gasteiger partial charge >= 0.3 is 0 Å². The number of halogens is 1. The van der Waals surface area contributed by atoms with Gasteiger partial charge in [0.1, 0.15) is 11.8 Å². The number of hydrogen-bond donors (Lipinski definition) is 1. The topological polar surface area (TPSA) is 75.9 Å². The van der Waals surface area contributed by atoms with Crippen LogP contribution in [0.1, 0.15) is 20.3 Å². The number of para-hydroxylation sites is 1. The van der Waals surface area contributed by atoms with E-state index in [-0.39, 0.29) is 24.5 Å². The normalized spacial score (nSPS) is 20.1. The maximum atomic E-state index is 12.6. The Bertz CT molecular complexity index is 592. The van der Waals surface area contributed by atoms with Gasteiger partial charge in [0, 0.05) is 25.7 Å². The summed E-state index contributed by atoms with van der Waals surface area (Å²) in [5.41, 5.74) is 5.98. The zero-order chi connectivity index (χ0) is 17.7. The molecule has 0 bridgehead atoms. The van der Waals surface area contributed by atoms with Gasteiger partial charge in [-0.1, -0.05) is 23.7 Å². The standard InChI is InChI=1S/C17H24ClN3O3/c1-3-20(4-2)17(23)14-9-12(19)10-21(14)16(22)11-24-15-8-6-5-7-13(15)18/h5-8,12,14H,3-4,9-11,19H2,1-2H3/t12-,14-/m0/s1. The minimum absolute atomic E-state index is 0.0564. The Hall–Kier alpha value is -1.79. The highest BCUT2D eigenvalue weighted by Crippen LogP contribution is 2.24. The maximum absolute atomic E-state index is 12.6. The lowest BCUT2D eigenvalue weighted by Crippen LogP contribution is -2.49. The van der Waals surface area contributed by atoms with Gasteiger partial charge in [-0.15, -0.1) is 0 Å². The molecule has 2 amide bonds. The number of rotatable bonds is 6. The predicted molar refractivity (Wildman–Crippen MR) is 93.0 cm³/mol. The van der Waals surface area contributed by atoms with Crippen molar-refractivity contribution in [3.63, 3.8) is 0 Å². The molecule has 1 aromatic rings. The van der Waals surface area contributed by atoms with Gasteiger partial charge < -0.3 is 20.3 Å². The van der Waals surface area contributed by atoms with Gasteiger partial charge in [0.25, 0.3) is 5.91 Å². The van der Waals surface area contributed by atoms with E-state index in [1.165, 1.54) is 4.90 Å². The molecule has 0 aliphatic carbocycles. The van der Waals surface area contributed by atoms with Crippen LogP contribution in [-0.4, -0.2) is 59.9 Å². The summed E-state index contributed by atoms with van der Waals surface area (Å²) in [6.45, 7) is 5.26. The number of benzene rings is 1. The molecule has 1 heterocycles. The molecule has 7 heteroatoms. The third-order valence-corrected chi connectivity index (χ3v) is 4.51. The average Bonchev–Trinajstić information content (AvgIpc) is 2.97.